The molecule has 0 bridgehead atoms. The molecule has 1 aromatic carbocycles. The van der Waals surface area contributed by atoms with Crippen LogP contribution in [0.2, 0.25) is 0 Å². The molecule has 0 aliphatic carbocycles. The van der Waals surface area contributed by atoms with Gasteiger partial charge in [0.15, 0.2) is 0 Å². The predicted octanol–water partition coefficient (Wildman–Crippen LogP) is 4.14. The number of rotatable bonds is 5. The molecule has 8 nitrogen and oxygen atoms in total. The summed E-state index contributed by atoms with van der Waals surface area (Å²) in [6.07, 6.45) is 8.91. The summed E-state index contributed by atoms with van der Waals surface area (Å²) in [5.74, 6) is 1.43. The summed E-state index contributed by atoms with van der Waals surface area (Å²) in [5.41, 5.74) is 8.53. The minimum atomic E-state index is -0.0898. The summed E-state index contributed by atoms with van der Waals surface area (Å²) in [6.45, 7) is 1.65. The zero-order chi connectivity index (χ0) is 22.9. The van der Waals surface area contributed by atoms with E-state index in [1.807, 2.05) is 36.0 Å². The SMILES string of the molecule is Nc1ccncc1.O=c1[nH]c(CSC2CCOCC2)nc2cc(Nc3ccncc3)ccc12. The van der Waals surface area contributed by atoms with Gasteiger partial charge < -0.3 is 20.8 Å². The third-order valence-corrected chi connectivity index (χ3v) is 6.44. The molecular formula is C24H26N6O2S. The highest BCUT2D eigenvalue weighted by atomic mass is 32.2. The van der Waals surface area contributed by atoms with Gasteiger partial charge in [0, 0.05) is 60.3 Å². The minimum Gasteiger partial charge on any atom is -0.399 e. The van der Waals surface area contributed by atoms with E-state index < -0.39 is 0 Å². The van der Waals surface area contributed by atoms with E-state index in [-0.39, 0.29) is 5.56 Å². The highest BCUT2D eigenvalue weighted by molar-refractivity contribution is 7.99. The number of anilines is 3. The van der Waals surface area contributed by atoms with E-state index in [0.29, 0.717) is 21.9 Å². The van der Waals surface area contributed by atoms with Crippen molar-refractivity contribution in [2.45, 2.75) is 23.8 Å². The lowest BCUT2D eigenvalue weighted by molar-refractivity contribution is 0.1000. The molecule has 0 radical (unpaired) electrons. The van der Waals surface area contributed by atoms with E-state index in [4.69, 9.17) is 10.5 Å². The zero-order valence-corrected chi connectivity index (χ0v) is 18.9. The first-order valence-electron chi connectivity index (χ1n) is 10.7. The number of hydrogen-bond acceptors (Lipinski definition) is 8. The van der Waals surface area contributed by atoms with Crippen molar-refractivity contribution in [3.05, 3.63) is 83.4 Å². The quantitative estimate of drug-likeness (QED) is 0.405. The summed E-state index contributed by atoms with van der Waals surface area (Å²) >= 11 is 1.84. The third kappa shape index (κ3) is 6.77. The first kappa shape index (κ1) is 22.8. The van der Waals surface area contributed by atoms with E-state index in [9.17, 15) is 4.79 Å². The Labute approximate surface area is 196 Å². The second-order valence-electron chi connectivity index (χ2n) is 7.51. The summed E-state index contributed by atoms with van der Waals surface area (Å²) in [5, 5.41) is 4.48. The number of hydrogen-bond donors (Lipinski definition) is 3. The van der Waals surface area contributed by atoms with Gasteiger partial charge in [-0.15, -0.1) is 0 Å². The average Bonchev–Trinajstić information content (AvgIpc) is 2.85. The maximum atomic E-state index is 12.4. The number of H-pyrrole nitrogens is 1. The lowest BCUT2D eigenvalue weighted by Gasteiger charge is -2.21. The molecule has 1 fully saturated rings. The Hall–Kier alpha value is -3.43. The normalized spacial score (nSPS) is 13.8. The van der Waals surface area contributed by atoms with Crippen LogP contribution in [0.15, 0.2) is 72.0 Å². The standard InChI is InChI=1S/C19H20N4O2S.C5H6N2/c24-19-16-2-1-14(21-13-3-7-20-8-4-13)11-17(16)22-18(23-19)12-26-15-5-9-25-10-6-15;6-5-1-3-7-4-2-5/h1-4,7-8,11,15H,5-6,9-10,12H2,(H,20,21)(H,22,23,24);1-4H,(H2,6,7). The van der Waals surface area contributed by atoms with Gasteiger partial charge in [0.2, 0.25) is 0 Å². The number of aromatic nitrogens is 4. The Balaban J connectivity index is 0.000000318. The van der Waals surface area contributed by atoms with Crippen molar-refractivity contribution in [1.29, 1.82) is 0 Å². The van der Waals surface area contributed by atoms with Gasteiger partial charge in [-0.3, -0.25) is 14.8 Å². The Bertz CT molecular complexity index is 1210. The van der Waals surface area contributed by atoms with Gasteiger partial charge >= 0.3 is 0 Å². The third-order valence-electron chi connectivity index (χ3n) is 5.05. The molecule has 0 amide bonds. The minimum absolute atomic E-state index is 0.0898. The van der Waals surface area contributed by atoms with Crippen molar-refractivity contribution in [2.75, 3.05) is 24.3 Å². The number of nitrogen functional groups attached to an aromatic ring is 1. The molecule has 0 saturated carbocycles. The maximum Gasteiger partial charge on any atom is 0.258 e. The molecule has 1 saturated heterocycles. The Morgan fingerprint density at radius 3 is 2.36 bits per heavy atom. The monoisotopic (exact) mass is 462 g/mol. The maximum absolute atomic E-state index is 12.4. The van der Waals surface area contributed by atoms with Crippen molar-refractivity contribution in [2.24, 2.45) is 0 Å². The van der Waals surface area contributed by atoms with E-state index >= 15 is 0 Å². The van der Waals surface area contributed by atoms with Crippen molar-refractivity contribution >= 4 is 39.7 Å². The lowest BCUT2D eigenvalue weighted by Crippen LogP contribution is -2.18. The van der Waals surface area contributed by atoms with Gasteiger partial charge in [-0.1, -0.05) is 0 Å². The highest BCUT2D eigenvalue weighted by Crippen LogP contribution is 2.25. The van der Waals surface area contributed by atoms with Crippen LogP contribution in [0.25, 0.3) is 10.9 Å². The number of ether oxygens (including phenoxy) is 1. The molecule has 1 aliphatic rings. The fourth-order valence-corrected chi connectivity index (χ4v) is 4.39. The fraction of sp³-hybridized carbons (Fsp3) is 0.250. The molecule has 4 N–H and O–H groups in total. The number of thioether (sulfide) groups is 1. The average molecular weight is 463 g/mol. The van der Waals surface area contributed by atoms with Crippen LogP contribution in [-0.4, -0.2) is 38.4 Å². The van der Waals surface area contributed by atoms with E-state index in [2.05, 4.69) is 25.3 Å². The number of nitrogens with one attached hydrogen (secondary N) is 2. The first-order chi connectivity index (χ1) is 16.2. The van der Waals surface area contributed by atoms with Crippen molar-refractivity contribution in [3.63, 3.8) is 0 Å². The largest absolute Gasteiger partial charge is 0.399 e. The van der Waals surface area contributed by atoms with Crippen LogP contribution in [0, 0.1) is 0 Å². The predicted molar refractivity (Wildman–Crippen MR) is 134 cm³/mol. The Kier molecular flexibility index (Phi) is 7.89. The Morgan fingerprint density at radius 2 is 1.70 bits per heavy atom. The van der Waals surface area contributed by atoms with Crippen LogP contribution in [0.5, 0.6) is 0 Å². The summed E-state index contributed by atoms with van der Waals surface area (Å²) in [7, 11) is 0. The molecule has 0 unspecified atom stereocenters. The van der Waals surface area contributed by atoms with E-state index in [0.717, 1.165) is 48.9 Å². The van der Waals surface area contributed by atoms with Crippen LogP contribution in [0.4, 0.5) is 17.1 Å². The fourth-order valence-electron chi connectivity index (χ4n) is 3.34. The van der Waals surface area contributed by atoms with Crippen LogP contribution in [-0.2, 0) is 10.5 Å². The summed E-state index contributed by atoms with van der Waals surface area (Å²) in [6, 6.07) is 12.9. The number of nitrogens with two attached hydrogens (primary N) is 1. The molecule has 33 heavy (non-hydrogen) atoms. The van der Waals surface area contributed by atoms with Gasteiger partial charge in [-0.05, 0) is 55.3 Å². The molecule has 170 valence electrons. The van der Waals surface area contributed by atoms with Crippen molar-refractivity contribution in [3.8, 4) is 0 Å². The molecule has 9 heteroatoms. The molecule has 0 atom stereocenters. The van der Waals surface area contributed by atoms with Crippen molar-refractivity contribution in [1.82, 2.24) is 19.9 Å². The lowest BCUT2D eigenvalue weighted by atomic mass is 10.2. The topological polar surface area (TPSA) is 119 Å². The van der Waals surface area contributed by atoms with Crippen molar-refractivity contribution < 1.29 is 4.74 Å². The highest BCUT2D eigenvalue weighted by Gasteiger charge is 2.15. The van der Waals surface area contributed by atoms with Crippen LogP contribution in [0.1, 0.15) is 18.7 Å². The molecule has 3 aromatic heterocycles. The van der Waals surface area contributed by atoms with E-state index in [1.165, 1.54) is 0 Å². The molecule has 0 spiro atoms. The second-order valence-corrected chi connectivity index (χ2v) is 8.80. The van der Waals surface area contributed by atoms with Gasteiger partial charge in [-0.25, -0.2) is 4.98 Å². The molecule has 5 rings (SSSR count). The number of aromatic amines is 1. The molecule has 1 aliphatic heterocycles. The second kappa shape index (κ2) is 11.4. The number of benzene rings is 1. The van der Waals surface area contributed by atoms with Crippen LogP contribution in [0.3, 0.4) is 0 Å². The Morgan fingerprint density at radius 1 is 1.00 bits per heavy atom. The van der Waals surface area contributed by atoms with Gasteiger partial charge in [0.25, 0.3) is 5.56 Å². The number of fused-ring (bicyclic) bond motifs is 1. The van der Waals surface area contributed by atoms with Crippen LogP contribution < -0.4 is 16.6 Å². The number of pyridine rings is 2. The first-order valence-corrected chi connectivity index (χ1v) is 11.8. The van der Waals surface area contributed by atoms with Gasteiger partial charge in [-0.2, -0.15) is 11.8 Å². The summed E-state index contributed by atoms with van der Waals surface area (Å²) in [4.78, 5) is 27.7. The number of nitrogens with zero attached hydrogens (tertiary/aromatic N) is 3. The molecule has 4 heterocycles. The molecular weight excluding hydrogens is 436 g/mol. The molecule has 4 aromatic rings. The zero-order valence-electron chi connectivity index (χ0n) is 18.1. The smallest absolute Gasteiger partial charge is 0.258 e. The van der Waals surface area contributed by atoms with Gasteiger partial charge in [0.1, 0.15) is 5.82 Å². The summed E-state index contributed by atoms with van der Waals surface area (Å²) < 4.78 is 5.39. The van der Waals surface area contributed by atoms with Gasteiger partial charge in [0.05, 0.1) is 16.7 Å². The van der Waals surface area contributed by atoms with Crippen LogP contribution >= 0.6 is 11.8 Å². The van der Waals surface area contributed by atoms with E-state index in [1.54, 1.807) is 43.0 Å².